The van der Waals surface area contributed by atoms with Gasteiger partial charge < -0.3 is 5.32 Å². The number of rotatable bonds is 5. The number of carbonyl (C=O) groups is 1. The molecule has 1 amide bonds. The first-order chi connectivity index (χ1) is 12.3. The van der Waals surface area contributed by atoms with Crippen molar-refractivity contribution in [2.24, 2.45) is 0 Å². The highest BCUT2D eigenvalue weighted by Gasteiger charge is 2.19. The third-order valence-electron chi connectivity index (χ3n) is 4.39. The standard InChI is InChI=1S/C20H20N4O/c25-20(15-24-10-4-9-21-24)22-19-8-7-17-13-23(14-18(17)11-19)12-16-5-2-1-3-6-16/h1-11H,12-15H2,(H,22,25). The maximum absolute atomic E-state index is 12.1. The van der Waals surface area contributed by atoms with Gasteiger partial charge in [0.2, 0.25) is 5.91 Å². The summed E-state index contributed by atoms with van der Waals surface area (Å²) in [5.41, 5.74) is 4.79. The van der Waals surface area contributed by atoms with Gasteiger partial charge in [0.05, 0.1) is 0 Å². The molecule has 0 saturated heterocycles. The van der Waals surface area contributed by atoms with Gasteiger partial charge in [0, 0.05) is 37.7 Å². The van der Waals surface area contributed by atoms with Crippen molar-refractivity contribution in [1.82, 2.24) is 14.7 Å². The van der Waals surface area contributed by atoms with Gasteiger partial charge in [-0.1, -0.05) is 36.4 Å². The van der Waals surface area contributed by atoms with Crippen LogP contribution in [0.15, 0.2) is 67.0 Å². The molecule has 5 heteroatoms. The Balaban J connectivity index is 1.39. The number of carbonyl (C=O) groups excluding carboxylic acids is 1. The van der Waals surface area contributed by atoms with Gasteiger partial charge in [-0.3, -0.25) is 14.4 Å². The van der Waals surface area contributed by atoms with Crippen LogP contribution in [0.25, 0.3) is 0 Å². The lowest BCUT2D eigenvalue weighted by Crippen LogP contribution is -2.19. The summed E-state index contributed by atoms with van der Waals surface area (Å²) in [6.07, 6.45) is 3.45. The molecular formula is C20H20N4O. The SMILES string of the molecule is O=C(Cn1cccn1)Nc1ccc2c(c1)CN(Cc1ccccc1)C2. The van der Waals surface area contributed by atoms with Crippen molar-refractivity contribution >= 4 is 11.6 Å². The molecule has 4 rings (SSSR count). The van der Waals surface area contributed by atoms with Gasteiger partial charge in [0.15, 0.2) is 0 Å². The van der Waals surface area contributed by atoms with Crippen molar-refractivity contribution in [2.75, 3.05) is 5.32 Å². The Kier molecular flexibility index (Phi) is 4.31. The number of aromatic nitrogens is 2. The molecule has 2 aromatic carbocycles. The van der Waals surface area contributed by atoms with Crippen LogP contribution in [0.2, 0.25) is 0 Å². The van der Waals surface area contributed by atoms with Crippen molar-refractivity contribution in [3.63, 3.8) is 0 Å². The molecule has 126 valence electrons. The van der Waals surface area contributed by atoms with Crippen molar-refractivity contribution in [1.29, 1.82) is 0 Å². The van der Waals surface area contributed by atoms with E-state index in [1.807, 2.05) is 18.2 Å². The largest absolute Gasteiger partial charge is 0.324 e. The van der Waals surface area contributed by atoms with E-state index in [2.05, 4.69) is 51.7 Å². The van der Waals surface area contributed by atoms with Crippen molar-refractivity contribution in [3.05, 3.63) is 83.7 Å². The third-order valence-corrected chi connectivity index (χ3v) is 4.39. The Morgan fingerprint density at radius 3 is 2.68 bits per heavy atom. The number of anilines is 1. The topological polar surface area (TPSA) is 50.2 Å². The van der Waals surface area contributed by atoms with Crippen LogP contribution >= 0.6 is 0 Å². The summed E-state index contributed by atoms with van der Waals surface area (Å²) in [4.78, 5) is 14.5. The summed E-state index contributed by atoms with van der Waals surface area (Å²) in [6, 6.07) is 18.5. The number of nitrogens with one attached hydrogen (secondary N) is 1. The average molecular weight is 332 g/mol. The molecule has 25 heavy (non-hydrogen) atoms. The van der Waals surface area contributed by atoms with E-state index in [1.54, 1.807) is 17.1 Å². The molecule has 0 bridgehead atoms. The highest BCUT2D eigenvalue weighted by atomic mass is 16.2. The Morgan fingerprint density at radius 2 is 1.88 bits per heavy atom. The Hall–Kier alpha value is -2.92. The van der Waals surface area contributed by atoms with E-state index in [4.69, 9.17) is 0 Å². The average Bonchev–Trinajstić information content (AvgIpc) is 3.24. The summed E-state index contributed by atoms with van der Waals surface area (Å²) in [6.45, 7) is 3.03. The lowest BCUT2D eigenvalue weighted by Gasteiger charge is -2.14. The van der Waals surface area contributed by atoms with Crippen LogP contribution in [0.5, 0.6) is 0 Å². The molecule has 1 aliphatic rings. The number of benzene rings is 2. The highest BCUT2D eigenvalue weighted by molar-refractivity contribution is 5.90. The first-order valence-corrected chi connectivity index (χ1v) is 8.42. The normalized spacial score (nSPS) is 13.6. The molecule has 0 atom stereocenters. The first kappa shape index (κ1) is 15.6. The lowest BCUT2D eigenvalue weighted by molar-refractivity contribution is -0.116. The molecular weight excluding hydrogens is 312 g/mol. The van der Waals surface area contributed by atoms with E-state index in [1.165, 1.54) is 16.7 Å². The van der Waals surface area contributed by atoms with E-state index < -0.39 is 0 Å². The third kappa shape index (κ3) is 3.78. The first-order valence-electron chi connectivity index (χ1n) is 8.42. The van der Waals surface area contributed by atoms with Crippen LogP contribution in [0.4, 0.5) is 5.69 Å². The minimum absolute atomic E-state index is 0.0669. The van der Waals surface area contributed by atoms with Crippen LogP contribution in [0, 0.1) is 0 Å². The van der Waals surface area contributed by atoms with Crippen LogP contribution in [-0.2, 0) is 31.0 Å². The summed E-state index contributed by atoms with van der Waals surface area (Å²) in [5.74, 6) is -0.0669. The highest BCUT2D eigenvalue weighted by Crippen LogP contribution is 2.27. The summed E-state index contributed by atoms with van der Waals surface area (Å²) in [7, 11) is 0. The van der Waals surface area contributed by atoms with E-state index >= 15 is 0 Å². The van der Waals surface area contributed by atoms with E-state index in [0.29, 0.717) is 0 Å². The molecule has 0 unspecified atom stereocenters. The monoisotopic (exact) mass is 332 g/mol. The minimum atomic E-state index is -0.0669. The Labute approximate surface area is 146 Å². The number of hydrogen-bond acceptors (Lipinski definition) is 3. The molecule has 1 aliphatic heterocycles. The second-order valence-corrected chi connectivity index (χ2v) is 6.37. The van der Waals surface area contributed by atoms with Gasteiger partial charge in [-0.2, -0.15) is 5.10 Å². The molecule has 5 nitrogen and oxygen atoms in total. The van der Waals surface area contributed by atoms with E-state index in [0.717, 1.165) is 25.3 Å². The van der Waals surface area contributed by atoms with Gasteiger partial charge in [0.25, 0.3) is 0 Å². The van der Waals surface area contributed by atoms with Gasteiger partial charge in [0.1, 0.15) is 6.54 Å². The molecule has 3 aromatic rings. The predicted octanol–water partition coefficient (Wildman–Crippen LogP) is 3.04. The molecule has 2 heterocycles. The summed E-state index contributed by atoms with van der Waals surface area (Å²) >= 11 is 0. The lowest BCUT2D eigenvalue weighted by atomic mass is 10.1. The zero-order valence-corrected chi connectivity index (χ0v) is 13.9. The van der Waals surface area contributed by atoms with Gasteiger partial charge in [-0.25, -0.2) is 0 Å². The molecule has 0 aliphatic carbocycles. The van der Waals surface area contributed by atoms with E-state index in [-0.39, 0.29) is 12.5 Å². The van der Waals surface area contributed by atoms with Crippen molar-refractivity contribution in [2.45, 2.75) is 26.2 Å². The Bertz CT molecular complexity index is 859. The number of fused-ring (bicyclic) bond motifs is 1. The summed E-state index contributed by atoms with van der Waals surface area (Å²) in [5, 5.41) is 7.01. The van der Waals surface area contributed by atoms with Crippen LogP contribution < -0.4 is 5.32 Å². The maximum Gasteiger partial charge on any atom is 0.246 e. The predicted molar refractivity (Wildman–Crippen MR) is 96.7 cm³/mol. The second-order valence-electron chi connectivity index (χ2n) is 6.37. The fourth-order valence-electron chi connectivity index (χ4n) is 3.24. The van der Waals surface area contributed by atoms with Gasteiger partial charge >= 0.3 is 0 Å². The molecule has 1 N–H and O–H groups in total. The molecule has 1 aromatic heterocycles. The van der Waals surface area contributed by atoms with Crippen LogP contribution in [0.3, 0.4) is 0 Å². The molecule has 0 radical (unpaired) electrons. The van der Waals surface area contributed by atoms with E-state index in [9.17, 15) is 4.79 Å². The molecule has 0 fully saturated rings. The van der Waals surface area contributed by atoms with Crippen molar-refractivity contribution in [3.8, 4) is 0 Å². The minimum Gasteiger partial charge on any atom is -0.324 e. The smallest absolute Gasteiger partial charge is 0.246 e. The van der Waals surface area contributed by atoms with Crippen LogP contribution in [-0.4, -0.2) is 20.6 Å². The molecule has 0 saturated carbocycles. The fourth-order valence-corrected chi connectivity index (χ4v) is 3.24. The fraction of sp³-hybridized carbons (Fsp3) is 0.200. The Morgan fingerprint density at radius 1 is 1.04 bits per heavy atom. The van der Waals surface area contributed by atoms with Crippen LogP contribution in [0.1, 0.15) is 16.7 Å². The quantitative estimate of drug-likeness (QED) is 0.781. The number of nitrogens with zero attached hydrogens (tertiary/aromatic N) is 3. The second kappa shape index (κ2) is 6.91. The van der Waals surface area contributed by atoms with Crippen molar-refractivity contribution < 1.29 is 4.79 Å². The molecule has 0 spiro atoms. The number of amides is 1. The zero-order chi connectivity index (χ0) is 17.1. The summed E-state index contributed by atoms with van der Waals surface area (Å²) < 4.78 is 1.62. The van der Waals surface area contributed by atoms with Gasteiger partial charge in [-0.15, -0.1) is 0 Å². The van der Waals surface area contributed by atoms with Gasteiger partial charge in [-0.05, 0) is 34.9 Å². The number of hydrogen-bond donors (Lipinski definition) is 1. The maximum atomic E-state index is 12.1. The zero-order valence-electron chi connectivity index (χ0n) is 13.9.